The fraction of sp³-hybridized carbons (Fsp3) is 0. The molecule has 0 bridgehead atoms. The third-order valence-corrected chi connectivity index (χ3v) is 6.96. The Hall–Kier alpha value is -4.02. The number of aromatic nitrogens is 1. The van der Waals surface area contributed by atoms with Gasteiger partial charge in [-0.15, -0.1) is 0 Å². The number of halogens is 1. The Balaban J connectivity index is 1.46. The number of para-hydroxylation sites is 4. The highest BCUT2D eigenvalue weighted by molar-refractivity contribution is 9.10. The van der Waals surface area contributed by atoms with Crippen LogP contribution in [0, 0.1) is 0 Å². The highest BCUT2D eigenvalue weighted by atomic mass is 79.9. The Morgan fingerprint density at radius 1 is 0.559 bits per heavy atom. The molecule has 5 aromatic carbocycles. The van der Waals surface area contributed by atoms with Crippen molar-refractivity contribution in [1.29, 1.82) is 0 Å². The van der Waals surface area contributed by atoms with Crippen molar-refractivity contribution >= 4 is 37.7 Å². The van der Waals surface area contributed by atoms with E-state index in [0.29, 0.717) is 11.5 Å². The van der Waals surface area contributed by atoms with Gasteiger partial charge in [0.1, 0.15) is 0 Å². The fourth-order valence-corrected chi connectivity index (χ4v) is 5.19. The van der Waals surface area contributed by atoms with Crippen molar-refractivity contribution in [2.45, 2.75) is 0 Å². The van der Waals surface area contributed by atoms with Crippen LogP contribution in [0.4, 0.5) is 0 Å². The molecule has 162 valence electrons. The van der Waals surface area contributed by atoms with E-state index >= 15 is 0 Å². The maximum atomic E-state index is 6.36. The van der Waals surface area contributed by atoms with Gasteiger partial charge in [-0.1, -0.05) is 54.6 Å². The standard InChI is InChI=1S/C30H18BrNO2/c31-24-16-15-21(29-30(24)34-28-13-7-6-12-27(28)33-29)19-14-17-26-23(18-19)22-10-4-5-11-25(22)32(26)20-8-2-1-3-9-20/h1-18H. The molecule has 1 aromatic heterocycles. The molecule has 7 rings (SSSR count). The minimum Gasteiger partial charge on any atom is -0.449 e. The summed E-state index contributed by atoms with van der Waals surface area (Å²) in [6.45, 7) is 0. The molecule has 0 aliphatic carbocycles. The highest BCUT2D eigenvalue weighted by Crippen LogP contribution is 2.52. The molecule has 0 N–H and O–H groups in total. The molecular weight excluding hydrogens is 486 g/mol. The summed E-state index contributed by atoms with van der Waals surface area (Å²) in [5.74, 6) is 2.85. The van der Waals surface area contributed by atoms with Crippen LogP contribution in [0.3, 0.4) is 0 Å². The first-order chi connectivity index (χ1) is 16.8. The topological polar surface area (TPSA) is 23.4 Å². The minimum absolute atomic E-state index is 0.697. The Bertz CT molecular complexity index is 1720. The van der Waals surface area contributed by atoms with Gasteiger partial charge in [0, 0.05) is 22.0 Å². The second-order valence-corrected chi connectivity index (χ2v) is 9.18. The second-order valence-electron chi connectivity index (χ2n) is 8.32. The van der Waals surface area contributed by atoms with Crippen molar-refractivity contribution in [2.24, 2.45) is 0 Å². The summed E-state index contributed by atoms with van der Waals surface area (Å²) >= 11 is 3.63. The Morgan fingerprint density at radius 2 is 1.24 bits per heavy atom. The van der Waals surface area contributed by atoms with Gasteiger partial charge in [-0.2, -0.15) is 0 Å². The zero-order valence-corrected chi connectivity index (χ0v) is 19.6. The maximum Gasteiger partial charge on any atom is 0.184 e. The molecule has 0 fully saturated rings. The minimum atomic E-state index is 0.697. The van der Waals surface area contributed by atoms with Crippen molar-refractivity contribution in [3.05, 3.63) is 114 Å². The largest absolute Gasteiger partial charge is 0.449 e. The molecular formula is C30H18BrNO2. The summed E-state index contributed by atoms with van der Waals surface area (Å²) in [6, 6.07) is 37.5. The summed E-state index contributed by atoms with van der Waals surface area (Å²) in [6.07, 6.45) is 0. The lowest BCUT2D eigenvalue weighted by Gasteiger charge is -2.23. The van der Waals surface area contributed by atoms with Crippen LogP contribution in [0.2, 0.25) is 0 Å². The van der Waals surface area contributed by atoms with E-state index < -0.39 is 0 Å². The van der Waals surface area contributed by atoms with Crippen LogP contribution in [0.15, 0.2) is 114 Å². The lowest BCUT2D eigenvalue weighted by molar-refractivity contribution is 0.359. The summed E-state index contributed by atoms with van der Waals surface area (Å²) in [5, 5.41) is 2.42. The molecule has 34 heavy (non-hydrogen) atoms. The van der Waals surface area contributed by atoms with Gasteiger partial charge in [0.05, 0.1) is 15.5 Å². The molecule has 6 aromatic rings. The van der Waals surface area contributed by atoms with E-state index in [1.165, 1.54) is 21.8 Å². The van der Waals surface area contributed by atoms with Crippen molar-refractivity contribution < 1.29 is 9.47 Å². The number of hydrogen-bond acceptors (Lipinski definition) is 2. The average molecular weight is 504 g/mol. The summed E-state index contributed by atoms with van der Waals surface area (Å²) in [4.78, 5) is 0. The van der Waals surface area contributed by atoms with Gasteiger partial charge >= 0.3 is 0 Å². The molecule has 0 atom stereocenters. The average Bonchev–Trinajstić information content (AvgIpc) is 3.22. The van der Waals surface area contributed by atoms with Gasteiger partial charge in [-0.3, -0.25) is 0 Å². The van der Waals surface area contributed by atoms with Gasteiger partial charge < -0.3 is 14.0 Å². The normalized spacial score (nSPS) is 12.1. The van der Waals surface area contributed by atoms with E-state index in [-0.39, 0.29) is 0 Å². The van der Waals surface area contributed by atoms with Crippen LogP contribution >= 0.6 is 15.9 Å². The quantitative estimate of drug-likeness (QED) is 0.234. The van der Waals surface area contributed by atoms with Crippen LogP contribution in [0.25, 0.3) is 38.6 Å². The zero-order valence-electron chi connectivity index (χ0n) is 18.0. The number of fused-ring (bicyclic) bond motifs is 5. The number of ether oxygens (including phenoxy) is 2. The lowest BCUT2D eigenvalue weighted by atomic mass is 10.0. The number of benzene rings is 5. The molecule has 0 spiro atoms. The lowest BCUT2D eigenvalue weighted by Crippen LogP contribution is -2.01. The third-order valence-electron chi connectivity index (χ3n) is 6.34. The molecule has 0 radical (unpaired) electrons. The maximum absolute atomic E-state index is 6.36. The van der Waals surface area contributed by atoms with Crippen LogP contribution in [-0.2, 0) is 0 Å². The number of nitrogens with zero attached hydrogens (tertiary/aromatic N) is 1. The van der Waals surface area contributed by atoms with E-state index in [1.807, 2.05) is 36.4 Å². The summed E-state index contributed by atoms with van der Waals surface area (Å²) in [5.41, 5.74) is 5.58. The van der Waals surface area contributed by atoms with Crippen molar-refractivity contribution in [1.82, 2.24) is 4.57 Å². The van der Waals surface area contributed by atoms with Gasteiger partial charge in [0.25, 0.3) is 0 Å². The summed E-state index contributed by atoms with van der Waals surface area (Å²) in [7, 11) is 0. The molecule has 0 unspecified atom stereocenters. The number of rotatable bonds is 2. The van der Waals surface area contributed by atoms with Crippen molar-refractivity contribution in [3.63, 3.8) is 0 Å². The van der Waals surface area contributed by atoms with Gasteiger partial charge in [0.2, 0.25) is 0 Å². The Labute approximate surface area is 204 Å². The van der Waals surface area contributed by atoms with Crippen LogP contribution < -0.4 is 9.47 Å². The van der Waals surface area contributed by atoms with Crippen molar-refractivity contribution in [2.75, 3.05) is 0 Å². The van der Waals surface area contributed by atoms with Crippen LogP contribution in [0.1, 0.15) is 0 Å². The molecule has 3 nitrogen and oxygen atoms in total. The molecule has 0 saturated carbocycles. The van der Waals surface area contributed by atoms with E-state index in [4.69, 9.17) is 9.47 Å². The Morgan fingerprint density at radius 3 is 2.06 bits per heavy atom. The predicted molar refractivity (Wildman–Crippen MR) is 141 cm³/mol. The van der Waals surface area contributed by atoms with Crippen LogP contribution in [0.5, 0.6) is 23.0 Å². The van der Waals surface area contributed by atoms with Gasteiger partial charge in [-0.05, 0) is 76.1 Å². The molecule has 4 heteroatoms. The van der Waals surface area contributed by atoms with Crippen molar-refractivity contribution in [3.8, 4) is 39.8 Å². The molecule has 0 saturated heterocycles. The second kappa shape index (κ2) is 7.51. The monoisotopic (exact) mass is 503 g/mol. The molecule has 0 amide bonds. The van der Waals surface area contributed by atoms with E-state index in [9.17, 15) is 0 Å². The zero-order chi connectivity index (χ0) is 22.6. The van der Waals surface area contributed by atoms with Gasteiger partial charge in [0.15, 0.2) is 23.0 Å². The first kappa shape index (κ1) is 19.4. The van der Waals surface area contributed by atoms with Gasteiger partial charge in [-0.25, -0.2) is 0 Å². The third kappa shape index (κ3) is 2.89. The number of hydrogen-bond donors (Lipinski definition) is 0. The first-order valence-corrected chi connectivity index (χ1v) is 11.9. The predicted octanol–water partition coefficient (Wildman–Crippen LogP) is 9.11. The van der Waals surface area contributed by atoms with E-state index in [2.05, 4.69) is 93.3 Å². The fourth-order valence-electron chi connectivity index (χ4n) is 4.80. The first-order valence-electron chi connectivity index (χ1n) is 11.1. The van der Waals surface area contributed by atoms with E-state index in [0.717, 1.165) is 32.8 Å². The molecule has 1 aliphatic heterocycles. The molecule has 2 heterocycles. The SMILES string of the molecule is Brc1ccc(-c2ccc3c(c2)c2ccccc2n3-c2ccccc2)c2c1Oc1ccccc1O2. The smallest absolute Gasteiger partial charge is 0.184 e. The highest BCUT2D eigenvalue weighted by Gasteiger charge is 2.25. The summed E-state index contributed by atoms with van der Waals surface area (Å²) < 4.78 is 15.8. The van der Waals surface area contributed by atoms with Crippen LogP contribution in [-0.4, -0.2) is 4.57 Å². The molecule has 1 aliphatic rings. The Kier molecular flexibility index (Phi) is 4.29. The van der Waals surface area contributed by atoms with E-state index in [1.54, 1.807) is 0 Å².